The van der Waals surface area contributed by atoms with Crippen LogP contribution in [0.4, 0.5) is 11.8 Å². The summed E-state index contributed by atoms with van der Waals surface area (Å²) in [5.74, 6) is 1.76. The number of rotatable bonds is 6. The van der Waals surface area contributed by atoms with Gasteiger partial charge in [-0.05, 0) is 18.6 Å². The molecule has 25 heavy (non-hydrogen) atoms. The van der Waals surface area contributed by atoms with Gasteiger partial charge in [-0.25, -0.2) is 0 Å². The van der Waals surface area contributed by atoms with Gasteiger partial charge in [0.25, 0.3) is 5.91 Å². The number of unbranched alkanes of at least 4 members (excludes halogenated alkanes) is 1. The lowest BCUT2D eigenvalue weighted by Crippen LogP contribution is -2.49. The zero-order valence-electron chi connectivity index (χ0n) is 14.8. The first kappa shape index (κ1) is 17.2. The highest BCUT2D eigenvalue weighted by atomic mass is 16.3. The molecule has 0 aliphatic carbocycles. The summed E-state index contributed by atoms with van der Waals surface area (Å²) in [5.41, 5.74) is 0. The van der Waals surface area contributed by atoms with E-state index in [4.69, 9.17) is 4.42 Å². The minimum Gasteiger partial charge on any atom is -0.459 e. The molecule has 0 saturated carbocycles. The molecule has 0 unspecified atom stereocenters. The molecule has 0 radical (unpaired) electrons. The Balaban J connectivity index is 1.60. The van der Waals surface area contributed by atoms with Crippen molar-refractivity contribution in [2.24, 2.45) is 0 Å². The van der Waals surface area contributed by atoms with Crippen LogP contribution in [0.25, 0.3) is 0 Å². The summed E-state index contributed by atoms with van der Waals surface area (Å²) < 4.78 is 5.19. The number of nitrogens with zero attached hydrogens (tertiary/aromatic N) is 6. The van der Waals surface area contributed by atoms with Gasteiger partial charge in [-0.2, -0.15) is 10.1 Å². The molecule has 0 atom stereocenters. The van der Waals surface area contributed by atoms with E-state index in [1.165, 1.54) is 6.26 Å². The molecule has 2 aromatic rings. The van der Waals surface area contributed by atoms with Crippen molar-refractivity contribution in [1.29, 1.82) is 0 Å². The number of hydrogen-bond acceptors (Lipinski definition) is 7. The molecule has 3 heterocycles. The Bertz CT molecular complexity index is 682. The lowest BCUT2D eigenvalue weighted by molar-refractivity contribution is 0.0714. The molecule has 0 N–H and O–H groups in total. The molecule has 0 spiro atoms. The summed E-state index contributed by atoms with van der Waals surface area (Å²) >= 11 is 0. The van der Waals surface area contributed by atoms with Gasteiger partial charge in [-0.15, -0.1) is 5.10 Å². The maximum absolute atomic E-state index is 12.3. The van der Waals surface area contributed by atoms with Crippen LogP contribution in [0.2, 0.25) is 0 Å². The first-order valence-electron chi connectivity index (χ1n) is 8.67. The highest BCUT2D eigenvalue weighted by molar-refractivity contribution is 5.91. The Labute approximate surface area is 147 Å². The van der Waals surface area contributed by atoms with Crippen molar-refractivity contribution < 1.29 is 9.21 Å². The third-order valence-electron chi connectivity index (χ3n) is 4.35. The highest BCUT2D eigenvalue weighted by Crippen LogP contribution is 2.16. The number of aromatic nitrogens is 3. The molecular formula is C17H24N6O2. The van der Waals surface area contributed by atoms with Crippen LogP contribution in [0.5, 0.6) is 0 Å². The zero-order chi connectivity index (χ0) is 17.6. The van der Waals surface area contributed by atoms with Gasteiger partial charge in [0.2, 0.25) is 5.95 Å². The fourth-order valence-electron chi connectivity index (χ4n) is 2.79. The van der Waals surface area contributed by atoms with E-state index >= 15 is 0 Å². The van der Waals surface area contributed by atoms with Crippen LogP contribution in [0.1, 0.15) is 30.3 Å². The van der Waals surface area contributed by atoms with Crippen LogP contribution in [0.15, 0.2) is 29.0 Å². The van der Waals surface area contributed by atoms with Crippen LogP contribution in [-0.4, -0.2) is 65.8 Å². The lowest BCUT2D eigenvalue weighted by Gasteiger charge is -2.35. The molecule has 134 valence electrons. The Kier molecular flexibility index (Phi) is 5.47. The fourth-order valence-corrected chi connectivity index (χ4v) is 2.79. The van der Waals surface area contributed by atoms with E-state index < -0.39 is 0 Å². The van der Waals surface area contributed by atoms with Gasteiger partial charge in [0, 0.05) is 39.8 Å². The fraction of sp³-hybridized carbons (Fsp3) is 0.529. The predicted octanol–water partition coefficient (Wildman–Crippen LogP) is 1.66. The summed E-state index contributed by atoms with van der Waals surface area (Å²) in [6, 6.07) is 3.42. The number of amides is 1. The number of piperazine rings is 1. The van der Waals surface area contributed by atoms with Crippen LogP contribution in [0, 0.1) is 0 Å². The normalized spacial score (nSPS) is 14.6. The minimum absolute atomic E-state index is 0.0644. The van der Waals surface area contributed by atoms with E-state index in [-0.39, 0.29) is 5.91 Å². The zero-order valence-corrected chi connectivity index (χ0v) is 14.8. The Morgan fingerprint density at radius 3 is 2.80 bits per heavy atom. The molecule has 0 aromatic carbocycles. The van der Waals surface area contributed by atoms with E-state index in [0.29, 0.717) is 37.9 Å². The molecule has 8 heteroatoms. The van der Waals surface area contributed by atoms with Gasteiger partial charge in [-0.3, -0.25) is 4.79 Å². The second-order valence-electron chi connectivity index (χ2n) is 6.15. The summed E-state index contributed by atoms with van der Waals surface area (Å²) in [7, 11) is 1.98. The van der Waals surface area contributed by atoms with Crippen LogP contribution >= 0.6 is 0 Å². The molecule has 1 fully saturated rings. The SMILES string of the molecule is CCCCN(C)c1nncc(N2CCN(C(=O)c3ccco3)CC2)n1. The second-order valence-corrected chi connectivity index (χ2v) is 6.15. The predicted molar refractivity (Wildman–Crippen MR) is 94.8 cm³/mol. The van der Waals surface area contributed by atoms with Gasteiger partial charge in [-0.1, -0.05) is 13.3 Å². The van der Waals surface area contributed by atoms with Gasteiger partial charge < -0.3 is 19.1 Å². The lowest BCUT2D eigenvalue weighted by atomic mass is 10.3. The monoisotopic (exact) mass is 344 g/mol. The Morgan fingerprint density at radius 1 is 1.32 bits per heavy atom. The second kappa shape index (κ2) is 7.96. The standard InChI is InChI=1S/C17H24N6O2/c1-3-4-7-21(2)17-19-15(13-18-20-17)22-8-10-23(11-9-22)16(24)14-6-5-12-25-14/h5-6,12-13H,3-4,7-11H2,1-2H3. The van der Waals surface area contributed by atoms with E-state index in [0.717, 1.165) is 25.2 Å². The number of hydrogen-bond donors (Lipinski definition) is 0. The van der Waals surface area contributed by atoms with Crippen molar-refractivity contribution in [1.82, 2.24) is 20.1 Å². The summed E-state index contributed by atoms with van der Waals surface area (Å²) in [4.78, 5) is 22.9. The maximum atomic E-state index is 12.3. The average molecular weight is 344 g/mol. The van der Waals surface area contributed by atoms with Crippen LogP contribution in [-0.2, 0) is 0 Å². The molecule has 1 aliphatic heterocycles. The number of carbonyl (C=O) groups is 1. The van der Waals surface area contributed by atoms with E-state index in [2.05, 4.69) is 27.0 Å². The first-order chi connectivity index (χ1) is 12.2. The molecule has 1 aliphatic rings. The maximum Gasteiger partial charge on any atom is 0.289 e. The van der Waals surface area contributed by atoms with Crippen molar-refractivity contribution in [2.75, 3.05) is 49.6 Å². The molecule has 3 rings (SSSR count). The van der Waals surface area contributed by atoms with Crippen molar-refractivity contribution in [3.8, 4) is 0 Å². The average Bonchev–Trinajstić information content (AvgIpc) is 3.20. The quantitative estimate of drug-likeness (QED) is 0.788. The summed E-state index contributed by atoms with van der Waals surface area (Å²) in [5, 5.41) is 8.22. The molecule has 2 aromatic heterocycles. The number of furan rings is 1. The van der Waals surface area contributed by atoms with E-state index in [9.17, 15) is 4.79 Å². The van der Waals surface area contributed by atoms with Crippen LogP contribution in [0.3, 0.4) is 0 Å². The van der Waals surface area contributed by atoms with Gasteiger partial charge in [0.05, 0.1) is 12.5 Å². The van der Waals surface area contributed by atoms with E-state index in [1.807, 2.05) is 11.9 Å². The van der Waals surface area contributed by atoms with Crippen molar-refractivity contribution in [2.45, 2.75) is 19.8 Å². The van der Waals surface area contributed by atoms with Crippen molar-refractivity contribution in [3.63, 3.8) is 0 Å². The summed E-state index contributed by atoms with van der Waals surface area (Å²) in [6.07, 6.45) is 5.43. The largest absolute Gasteiger partial charge is 0.459 e. The van der Waals surface area contributed by atoms with Crippen molar-refractivity contribution in [3.05, 3.63) is 30.4 Å². The molecule has 1 saturated heterocycles. The molecule has 0 bridgehead atoms. The molecular weight excluding hydrogens is 320 g/mol. The van der Waals surface area contributed by atoms with Gasteiger partial charge in [0.15, 0.2) is 11.6 Å². The minimum atomic E-state index is -0.0644. The third-order valence-corrected chi connectivity index (χ3v) is 4.35. The Hall–Kier alpha value is -2.64. The number of carbonyl (C=O) groups excluding carboxylic acids is 1. The first-order valence-corrected chi connectivity index (χ1v) is 8.67. The smallest absolute Gasteiger partial charge is 0.289 e. The van der Waals surface area contributed by atoms with Gasteiger partial charge in [0.1, 0.15) is 0 Å². The van der Waals surface area contributed by atoms with Crippen molar-refractivity contribution >= 4 is 17.7 Å². The third kappa shape index (κ3) is 4.07. The van der Waals surface area contributed by atoms with E-state index in [1.54, 1.807) is 23.2 Å². The number of anilines is 2. The Morgan fingerprint density at radius 2 is 2.12 bits per heavy atom. The van der Waals surface area contributed by atoms with Gasteiger partial charge >= 0.3 is 0 Å². The molecule has 8 nitrogen and oxygen atoms in total. The molecule has 1 amide bonds. The topological polar surface area (TPSA) is 78.6 Å². The van der Waals surface area contributed by atoms with Crippen LogP contribution < -0.4 is 9.80 Å². The highest BCUT2D eigenvalue weighted by Gasteiger charge is 2.24. The summed E-state index contributed by atoms with van der Waals surface area (Å²) in [6.45, 7) is 5.75.